The number of nitrogens with one attached hydrogen (secondary N) is 2. The summed E-state index contributed by atoms with van der Waals surface area (Å²) in [6.45, 7) is 4.54. The van der Waals surface area contributed by atoms with Crippen LogP contribution in [0.25, 0.3) is 0 Å². The van der Waals surface area contributed by atoms with Crippen LogP contribution in [0, 0.1) is 5.92 Å². The van der Waals surface area contributed by atoms with E-state index < -0.39 is 36.0 Å². The lowest BCUT2D eigenvalue weighted by Crippen LogP contribution is -2.58. The van der Waals surface area contributed by atoms with Gasteiger partial charge in [0.15, 0.2) is 0 Å². The zero-order chi connectivity index (χ0) is 24.1. The molecular weight excluding hydrogens is 428 g/mol. The largest absolute Gasteiger partial charge is 0.480 e. The van der Waals surface area contributed by atoms with Crippen molar-refractivity contribution in [2.45, 2.75) is 76.5 Å². The maximum atomic E-state index is 13.3. The standard InChI is InChI=1S/C22H34N6O5/c1-3-13(2)18(21(31)28-9-5-7-17(28)22(32)33)26-19(29)16-6-4-8-27(16)20(30)15(23)10-14-11-24-12-25-14/h11-13,15-18H,3-10,23H2,1-2H3,(H,24,25)(H,26,29)(H,32,33). The van der Waals surface area contributed by atoms with Crippen LogP contribution in [-0.2, 0) is 25.6 Å². The zero-order valence-electron chi connectivity index (χ0n) is 19.2. The molecule has 0 radical (unpaired) electrons. The van der Waals surface area contributed by atoms with Crippen molar-refractivity contribution in [2.24, 2.45) is 11.7 Å². The van der Waals surface area contributed by atoms with Crippen LogP contribution < -0.4 is 11.1 Å². The van der Waals surface area contributed by atoms with Crippen LogP contribution in [-0.4, -0.2) is 85.8 Å². The number of aromatic nitrogens is 2. The number of aromatic amines is 1. The highest BCUT2D eigenvalue weighted by Gasteiger charge is 2.42. The molecule has 2 saturated heterocycles. The summed E-state index contributed by atoms with van der Waals surface area (Å²) < 4.78 is 0. The number of carbonyl (C=O) groups excluding carboxylic acids is 3. The first-order chi connectivity index (χ1) is 15.7. The lowest BCUT2D eigenvalue weighted by atomic mass is 9.96. The summed E-state index contributed by atoms with van der Waals surface area (Å²) in [6.07, 6.45) is 6.19. The van der Waals surface area contributed by atoms with E-state index >= 15 is 0 Å². The third kappa shape index (κ3) is 5.52. The Morgan fingerprint density at radius 1 is 1.18 bits per heavy atom. The van der Waals surface area contributed by atoms with Crippen molar-refractivity contribution in [3.05, 3.63) is 18.2 Å². The monoisotopic (exact) mass is 462 g/mol. The molecule has 3 amide bonds. The molecule has 182 valence electrons. The van der Waals surface area contributed by atoms with Crippen LogP contribution in [0.2, 0.25) is 0 Å². The van der Waals surface area contributed by atoms with Gasteiger partial charge in [0.25, 0.3) is 0 Å². The predicted molar refractivity (Wildman–Crippen MR) is 119 cm³/mol. The Morgan fingerprint density at radius 2 is 1.82 bits per heavy atom. The number of carbonyl (C=O) groups is 4. The first kappa shape index (κ1) is 24.7. The smallest absolute Gasteiger partial charge is 0.326 e. The molecule has 2 aliphatic heterocycles. The molecule has 0 spiro atoms. The Bertz CT molecular complexity index is 859. The highest BCUT2D eigenvalue weighted by molar-refractivity contribution is 5.94. The summed E-state index contributed by atoms with van der Waals surface area (Å²) in [4.78, 5) is 60.7. The van der Waals surface area contributed by atoms with E-state index in [4.69, 9.17) is 5.73 Å². The second-order valence-electron chi connectivity index (χ2n) is 8.98. The number of rotatable bonds is 9. The van der Waals surface area contributed by atoms with E-state index in [2.05, 4.69) is 15.3 Å². The van der Waals surface area contributed by atoms with E-state index in [1.807, 2.05) is 13.8 Å². The molecule has 11 heteroatoms. The quantitative estimate of drug-likeness (QED) is 0.397. The van der Waals surface area contributed by atoms with Gasteiger partial charge >= 0.3 is 5.97 Å². The maximum absolute atomic E-state index is 13.3. The number of nitrogens with two attached hydrogens (primary N) is 1. The van der Waals surface area contributed by atoms with Crippen LogP contribution >= 0.6 is 0 Å². The number of carboxylic acid groups (broad SMARTS) is 1. The fourth-order valence-corrected chi connectivity index (χ4v) is 4.64. The van der Waals surface area contributed by atoms with E-state index in [0.29, 0.717) is 45.2 Å². The zero-order valence-corrected chi connectivity index (χ0v) is 19.2. The lowest BCUT2D eigenvalue weighted by Gasteiger charge is -2.32. The molecule has 3 rings (SSSR count). The molecule has 2 fully saturated rings. The molecule has 3 heterocycles. The third-order valence-electron chi connectivity index (χ3n) is 6.75. The fourth-order valence-electron chi connectivity index (χ4n) is 4.64. The van der Waals surface area contributed by atoms with Crippen LogP contribution in [0.15, 0.2) is 12.5 Å². The number of imidazole rings is 1. The van der Waals surface area contributed by atoms with E-state index in [1.54, 1.807) is 6.20 Å². The molecule has 0 aliphatic carbocycles. The van der Waals surface area contributed by atoms with Gasteiger partial charge in [0.1, 0.15) is 18.1 Å². The second-order valence-corrected chi connectivity index (χ2v) is 8.98. The van der Waals surface area contributed by atoms with Gasteiger partial charge in [-0.25, -0.2) is 9.78 Å². The topological polar surface area (TPSA) is 162 Å². The summed E-state index contributed by atoms with van der Waals surface area (Å²) >= 11 is 0. The van der Waals surface area contributed by atoms with Crippen LogP contribution in [0.5, 0.6) is 0 Å². The minimum Gasteiger partial charge on any atom is -0.480 e. The van der Waals surface area contributed by atoms with Gasteiger partial charge in [-0.15, -0.1) is 0 Å². The molecule has 0 bridgehead atoms. The van der Waals surface area contributed by atoms with Gasteiger partial charge in [-0.1, -0.05) is 20.3 Å². The predicted octanol–water partition coefficient (Wildman–Crippen LogP) is -0.123. The fraction of sp³-hybridized carbons (Fsp3) is 0.682. The van der Waals surface area contributed by atoms with Gasteiger partial charge in [-0.2, -0.15) is 0 Å². The average Bonchev–Trinajstić information content (AvgIpc) is 3.56. The highest BCUT2D eigenvalue weighted by atomic mass is 16.4. The number of aliphatic carboxylic acids is 1. The van der Waals surface area contributed by atoms with E-state index in [1.165, 1.54) is 16.1 Å². The van der Waals surface area contributed by atoms with E-state index in [0.717, 1.165) is 5.69 Å². The Kier molecular flexibility index (Phi) is 8.06. The number of H-pyrrole nitrogens is 1. The molecule has 5 atom stereocenters. The molecule has 0 aromatic carbocycles. The molecule has 5 N–H and O–H groups in total. The van der Waals surface area contributed by atoms with Crippen molar-refractivity contribution >= 4 is 23.7 Å². The maximum Gasteiger partial charge on any atom is 0.326 e. The van der Waals surface area contributed by atoms with Crippen LogP contribution in [0.3, 0.4) is 0 Å². The number of likely N-dealkylation sites (tertiary alicyclic amines) is 2. The van der Waals surface area contributed by atoms with Crippen molar-refractivity contribution in [1.82, 2.24) is 25.1 Å². The molecule has 1 aromatic heterocycles. The SMILES string of the molecule is CCC(C)C(NC(=O)C1CCCN1C(=O)C(N)Cc1cnc[nH]1)C(=O)N1CCCC1C(=O)O. The molecule has 2 aliphatic rings. The van der Waals surface area contributed by atoms with Gasteiger partial charge in [0.2, 0.25) is 17.7 Å². The molecule has 11 nitrogen and oxygen atoms in total. The first-order valence-electron chi connectivity index (χ1n) is 11.6. The number of carboxylic acids is 1. The van der Waals surface area contributed by atoms with Crippen molar-refractivity contribution in [3.8, 4) is 0 Å². The summed E-state index contributed by atoms with van der Waals surface area (Å²) in [6, 6.07) is -3.24. The van der Waals surface area contributed by atoms with Crippen molar-refractivity contribution in [1.29, 1.82) is 0 Å². The van der Waals surface area contributed by atoms with Gasteiger partial charge < -0.3 is 30.9 Å². The second kappa shape index (κ2) is 10.8. The van der Waals surface area contributed by atoms with E-state index in [9.17, 15) is 24.3 Å². The summed E-state index contributed by atoms with van der Waals surface area (Å²) in [5.41, 5.74) is 6.84. The van der Waals surface area contributed by atoms with Gasteiger partial charge in [0, 0.05) is 31.4 Å². The summed E-state index contributed by atoms with van der Waals surface area (Å²) in [5, 5.41) is 12.3. The average molecular weight is 463 g/mol. The highest BCUT2D eigenvalue weighted by Crippen LogP contribution is 2.23. The normalized spacial score (nSPS) is 23.2. The number of hydrogen-bond donors (Lipinski definition) is 4. The van der Waals surface area contributed by atoms with Crippen LogP contribution in [0.1, 0.15) is 51.6 Å². The third-order valence-corrected chi connectivity index (χ3v) is 6.75. The Balaban J connectivity index is 1.69. The van der Waals surface area contributed by atoms with Gasteiger partial charge in [-0.05, 0) is 31.6 Å². The van der Waals surface area contributed by atoms with Gasteiger partial charge in [-0.3, -0.25) is 14.4 Å². The Hall–Kier alpha value is -2.95. The minimum absolute atomic E-state index is 0.190. The number of hydrogen-bond acceptors (Lipinski definition) is 6. The molecular formula is C22H34N6O5. The Labute approximate surface area is 193 Å². The van der Waals surface area contributed by atoms with Crippen molar-refractivity contribution < 1.29 is 24.3 Å². The molecule has 0 saturated carbocycles. The minimum atomic E-state index is -1.03. The molecule has 5 unspecified atom stereocenters. The summed E-state index contributed by atoms with van der Waals surface area (Å²) in [5.74, 6) is -2.33. The number of amides is 3. The summed E-state index contributed by atoms with van der Waals surface area (Å²) in [7, 11) is 0. The molecule has 33 heavy (non-hydrogen) atoms. The van der Waals surface area contributed by atoms with E-state index in [-0.39, 0.29) is 24.2 Å². The van der Waals surface area contributed by atoms with Crippen molar-refractivity contribution in [2.75, 3.05) is 13.1 Å². The van der Waals surface area contributed by atoms with Crippen molar-refractivity contribution in [3.63, 3.8) is 0 Å². The molecule has 1 aromatic rings. The van der Waals surface area contributed by atoms with Gasteiger partial charge in [0.05, 0.1) is 12.4 Å². The number of nitrogens with zero attached hydrogens (tertiary/aromatic N) is 3. The van der Waals surface area contributed by atoms with Crippen LogP contribution in [0.4, 0.5) is 0 Å². The first-order valence-corrected chi connectivity index (χ1v) is 11.6. The lowest BCUT2D eigenvalue weighted by molar-refractivity contribution is -0.150. The Morgan fingerprint density at radius 3 is 2.39 bits per heavy atom.